The van der Waals surface area contributed by atoms with Crippen LogP contribution in [0.2, 0.25) is 0 Å². The second-order valence-corrected chi connectivity index (χ2v) is 23.2. The molecule has 0 unspecified atom stereocenters. The topological polar surface area (TPSA) is 95.9 Å². The van der Waals surface area contributed by atoms with Gasteiger partial charge in [0, 0.05) is 12.8 Å². The van der Waals surface area contributed by atoms with Crippen LogP contribution in [0.5, 0.6) is 0 Å². The van der Waals surface area contributed by atoms with Gasteiger partial charge in [0.15, 0.2) is 0 Å². The van der Waals surface area contributed by atoms with Crippen molar-refractivity contribution in [2.75, 3.05) is 13.2 Å². The second-order valence-electron chi connectivity index (χ2n) is 23.2. The summed E-state index contributed by atoms with van der Waals surface area (Å²) in [5.74, 6) is -0.0593. The minimum Gasteiger partial charge on any atom is -0.466 e. The van der Waals surface area contributed by atoms with Crippen LogP contribution in [0, 0.1) is 0 Å². The number of unbranched alkanes of at least 4 members (excludes halogenated alkanes) is 48. The number of nitrogens with one attached hydrogen (secondary N) is 1. The standard InChI is InChI=1S/C69H131NO5/c1-3-5-7-9-11-13-15-17-19-34-37-41-45-49-53-57-61-67(72)66(65-71)70-68(73)62-58-54-50-46-42-38-35-31-29-27-25-23-21-20-22-24-26-28-30-32-36-40-44-48-52-56-60-64-75-69(74)63-59-55-51-47-43-39-33-18-16-14-12-10-8-6-4-2/h12,14,18,33,57,61,66-67,71-72H,3-11,13,15-17,19-32,34-56,58-60,62-65H2,1-2H3,(H,70,73)/b14-12-,33-18-,61-57+/t66-,67+/m0/s1. The third kappa shape index (κ3) is 61.2. The summed E-state index contributed by atoms with van der Waals surface area (Å²) in [4.78, 5) is 24.5. The molecule has 0 saturated heterocycles. The third-order valence-corrected chi connectivity index (χ3v) is 15.7. The molecule has 6 nitrogen and oxygen atoms in total. The fraction of sp³-hybridized carbons (Fsp3) is 0.884. The van der Waals surface area contributed by atoms with Gasteiger partial charge in [-0.2, -0.15) is 0 Å². The Hall–Kier alpha value is -1.92. The summed E-state index contributed by atoms with van der Waals surface area (Å²) < 4.78 is 5.48. The van der Waals surface area contributed by atoms with Crippen molar-refractivity contribution >= 4 is 11.9 Å². The Kier molecular flexibility index (Phi) is 63.0. The number of carbonyl (C=O) groups is 2. The van der Waals surface area contributed by atoms with Crippen LogP contribution >= 0.6 is 0 Å². The van der Waals surface area contributed by atoms with Gasteiger partial charge in [0.2, 0.25) is 5.91 Å². The predicted molar refractivity (Wildman–Crippen MR) is 329 cm³/mol. The molecule has 75 heavy (non-hydrogen) atoms. The zero-order valence-corrected chi connectivity index (χ0v) is 50.5. The maximum atomic E-state index is 12.5. The lowest BCUT2D eigenvalue weighted by atomic mass is 10.0. The number of ether oxygens (including phenoxy) is 1. The lowest BCUT2D eigenvalue weighted by molar-refractivity contribution is -0.143. The predicted octanol–water partition coefficient (Wildman–Crippen LogP) is 21.5. The summed E-state index contributed by atoms with van der Waals surface area (Å²) in [7, 11) is 0. The van der Waals surface area contributed by atoms with E-state index in [0.717, 1.165) is 51.4 Å². The van der Waals surface area contributed by atoms with E-state index in [1.807, 2.05) is 6.08 Å². The van der Waals surface area contributed by atoms with Gasteiger partial charge >= 0.3 is 5.97 Å². The molecule has 0 aliphatic heterocycles. The van der Waals surface area contributed by atoms with Gasteiger partial charge < -0.3 is 20.3 Å². The molecule has 0 saturated carbocycles. The van der Waals surface area contributed by atoms with Crippen molar-refractivity contribution < 1.29 is 24.5 Å². The zero-order chi connectivity index (χ0) is 54.3. The molecule has 0 heterocycles. The first-order valence-electron chi connectivity index (χ1n) is 33.8. The molecule has 0 aliphatic rings. The van der Waals surface area contributed by atoms with Gasteiger partial charge in [0.1, 0.15) is 0 Å². The molecule has 0 aromatic rings. The van der Waals surface area contributed by atoms with Gasteiger partial charge in [-0.1, -0.05) is 326 Å². The SMILES string of the molecule is CCCCC/C=C\C/C=C\CCCCCCCC(=O)OCCCCCCCCCCCCCCCCCCCCCCCCCCCCCC(=O)N[C@@H](CO)[C@H](O)/C=C/CCCCCCCCCCCCCCCC. The summed E-state index contributed by atoms with van der Waals surface area (Å²) in [6, 6.07) is -0.626. The molecule has 0 rings (SSSR count). The lowest BCUT2D eigenvalue weighted by Crippen LogP contribution is -2.45. The van der Waals surface area contributed by atoms with Crippen molar-refractivity contribution in [2.24, 2.45) is 0 Å². The number of aliphatic hydroxyl groups excluding tert-OH is 2. The van der Waals surface area contributed by atoms with Crippen molar-refractivity contribution in [2.45, 2.75) is 379 Å². The van der Waals surface area contributed by atoms with E-state index in [-0.39, 0.29) is 18.5 Å². The highest BCUT2D eigenvalue weighted by atomic mass is 16.5. The molecule has 1 amide bonds. The molecule has 0 fully saturated rings. The number of hydrogen-bond acceptors (Lipinski definition) is 5. The first kappa shape index (κ1) is 73.1. The number of carbonyl (C=O) groups excluding carboxylic acids is 2. The van der Waals surface area contributed by atoms with E-state index in [4.69, 9.17) is 4.74 Å². The highest BCUT2D eigenvalue weighted by Crippen LogP contribution is 2.18. The number of amides is 1. The molecular formula is C69H131NO5. The Morgan fingerprint density at radius 2 is 0.667 bits per heavy atom. The molecule has 0 radical (unpaired) electrons. The summed E-state index contributed by atoms with van der Waals surface area (Å²) in [5.41, 5.74) is 0. The minimum absolute atomic E-state index is 0.00386. The van der Waals surface area contributed by atoms with Gasteiger partial charge in [0.25, 0.3) is 0 Å². The fourth-order valence-electron chi connectivity index (χ4n) is 10.5. The molecule has 0 aliphatic carbocycles. The molecule has 0 bridgehead atoms. The fourth-order valence-corrected chi connectivity index (χ4v) is 10.5. The molecule has 0 aromatic heterocycles. The third-order valence-electron chi connectivity index (χ3n) is 15.7. The number of hydrogen-bond donors (Lipinski definition) is 3. The Bertz CT molecular complexity index is 1210. The second kappa shape index (κ2) is 64.6. The van der Waals surface area contributed by atoms with Crippen molar-refractivity contribution in [1.29, 1.82) is 0 Å². The maximum absolute atomic E-state index is 12.5. The average molecular weight is 1050 g/mol. The number of allylic oxidation sites excluding steroid dienone is 5. The van der Waals surface area contributed by atoms with Gasteiger partial charge in [-0.25, -0.2) is 0 Å². The molecule has 3 N–H and O–H groups in total. The van der Waals surface area contributed by atoms with Crippen molar-refractivity contribution in [1.82, 2.24) is 5.32 Å². The van der Waals surface area contributed by atoms with Crippen LogP contribution in [0.25, 0.3) is 0 Å². The van der Waals surface area contributed by atoms with Crippen molar-refractivity contribution in [3.05, 3.63) is 36.5 Å². The van der Waals surface area contributed by atoms with E-state index in [9.17, 15) is 19.8 Å². The van der Waals surface area contributed by atoms with Gasteiger partial charge in [0.05, 0.1) is 25.4 Å². The summed E-state index contributed by atoms with van der Waals surface area (Å²) in [6.45, 7) is 4.90. The largest absolute Gasteiger partial charge is 0.466 e. The lowest BCUT2D eigenvalue weighted by Gasteiger charge is -2.20. The Morgan fingerprint density at radius 3 is 1.04 bits per heavy atom. The Balaban J connectivity index is 3.37. The van der Waals surface area contributed by atoms with E-state index in [2.05, 4.69) is 43.5 Å². The average Bonchev–Trinajstić information content (AvgIpc) is 3.41. The monoisotopic (exact) mass is 1050 g/mol. The van der Waals surface area contributed by atoms with Gasteiger partial charge in [-0.05, 0) is 64.2 Å². The number of aliphatic hydroxyl groups is 2. The van der Waals surface area contributed by atoms with E-state index < -0.39 is 12.1 Å². The van der Waals surface area contributed by atoms with E-state index in [1.165, 1.54) is 289 Å². The Labute approximate surface area is 468 Å². The first-order chi connectivity index (χ1) is 37.0. The summed E-state index contributed by atoms with van der Waals surface area (Å²) >= 11 is 0. The van der Waals surface area contributed by atoms with Gasteiger partial charge in [-0.3, -0.25) is 9.59 Å². The van der Waals surface area contributed by atoms with E-state index in [1.54, 1.807) is 6.08 Å². The first-order valence-corrected chi connectivity index (χ1v) is 33.8. The molecule has 0 spiro atoms. The quantitative estimate of drug-likeness (QED) is 0.0320. The zero-order valence-electron chi connectivity index (χ0n) is 50.5. The molecule has 2 atom stereocenters. The minimum atomic E-state index is -0.843. The molecule has 0 aromatic carbocycles. The molecule has 442 valence electrons. The van der Waals surface area contributed by atoms with Crippen LogP contribution in [-0.4, -0.2) is 47.4 Å². The summed E-state index contributed by atoms with van der Waals surface area (Å²) in [6.07, 6.45) is 82.1. The number of rotatable bonds is 63. The van der Waals surface area contributed by atoms with Crippen molar-refractivity contribution in [3.8, 4) is 0 Å². The van der Waals surface area contributed by atoms with Crippen LogP contribution in [0.3, 0.4) is 0 Å². The smallest absolute Gasteiger partial charge is 0.305 e. The maximum Gasteiger partial charge on any atom is 0.305 e. The van der Waals surface area contributed by atoms with Crippen LogP contribution < -0.4 is 5.32 Å². The highest BCUT2D eigenvalue weighted by molar-refractivity contribution is 5.76. The van der Waals surface area contributed by atoms with E-state index >= 15 is 0 Å². The van der Waals surface area contributed by atoms with Crippen molar-refractivity contribution in [3.63, 3.8) is 0 Å². The normalized spacial score (nSPS) is 12.7. The van der Waals surface area contributed by atoms with E-state index in [0.29, 0.717) is 19.4 Å². The highest BCUT2D eigenvalue weighted by Gasteiger charge is 2.18. The summed E-state index contributed by atoms with van der Waals surface area (Å²) in [5, 5.41) is 23.2. The molecular weight excluding hydrogens is 923 g/mol. The number of esters is 1. The molecule has 6 heteroatoms. The van der Waals surface area contributed by atoms with Crippen LogP contribution in [0.1, 0.15) is 367 Å². The van der Waals surface area contributed by atoms with Crippen LogP contribution in [-0.2, 0) is 14.3 Å². The van der Waals surface area contributed by atoms with Crippen LogP contribution in [0.15, 0.2) is 36.5 Å². The van der Waals surface area contributed by atoms with Gasteiger partial charge in [-0.15, -0.1) is 0 Å². The Morgan fingerprint density at radius 1 is 0.373 bits per heavy atom. The van der Waals surface area contributed by atoms with Crippen LogP contribution in [0.4, 0.5) is 0 Å².